The molecule has 3 N–H and O–H groups in total. The Kier molecular flexibility index (Phi) is 6.07. The molecule has 0 aliphatic heterocycles. The second-order valence-corrected chi connectivity index (χ2v) is 8.51. The first kappa shape index (κ1) is 22.6. The van der Waals surface area contributed by atoms with Crippen LogP contribution in [0.2, 0.25) is 0 Å². The third kappa shape index (κ3) is 4.10. The Hall–Kier alpha value is -4.56. The number of benzene rings is 2. The topological polar surface area (TPSA) is 161 Å². The number of H-pyrrole nitrogens is 1. The largest absolute Gasteiger partial charge is 0.369 e. The Labute approximate surface area is 197 Å². The van der Waals surface area contributed by atoms with Gasteiger partial charge in [0.25, 0.3) is 11.2 Å². The molecule has 0 unspecified atom stereocenters. The zero-order valence-electron chi connectivity index (χ0n) is 17.8. The van der Waals surface area contributed by atoms with Gasteiger partial charge in [-0.3, -0.25) is 24.8 Å². The summed E-state index contributed by atoms with van der Waals surface area (Å²) in [5.74, 6) is -2.95. The number of carbonyl (C=O) groups is 1. The van der Waals surface area contributed by atoms with Crippen molar-refractivity contribution in [3.8, 4) is 21.6 Å². The van der Waals surface area contributed by atoms with E-state index < -0.39 is 28.2 Å². The number of non-ortho nitro benzene ring substituents is 1. The standard InChI is InChI=1S/C23H18N6O4S/c1-13-19(20(17(11-24)21(25)30)14-6-3-2-4-7-14)22(31)28(27-13)23-26-12-18(34-23)15-8-5-9-16(10-15)29(32)33/h2-10,12,17,20,27H,1H3,(H2,25,30)/t17-,20-/m0/s1. The van der Waals surface area contributed by atoms with E-state index in [1.54, 1.807) is 49.4 Å². The van der Waals surface area contributed by atoms with Crippen LogP contribution in [-0.2, 0) is 4.79 Å². The highest BCUT2D eigenvalue weighted by atomic mass is 32.1. The van der Waals surface area contributed by atoms with Crippen LogP contribution in [0.5, 0.6) is 0 Å². The summed E-state index contributed by atoms with van der Waals surface area (Å²) in [5, 5.41) is 24.0. The number of nitriles is 1. The number of aryl methyl sites for hydroxylation is 1. The normalized spacial score (nSPS) is 12.6. The lowest BCUT2D eigenvalue weighted by atomic mass is 9.81. The van der Waals surface area contributed by atoms with Gasteiger partial charge in [-0.15, -0.1) is 0 Å². The summed E-state index contributed by atoms with van der Waals surface area (Å²) in [6, 6.07) is 16.8. The fourth-order valence-electron chi connectivity index (χ4n) is 3.82. The number of rotatable bonds is 7. The van der Waals surface area contributed by atoms with Crippen LogP contribution in [0.25, 0.3) is 15.6 Å². The number of primary amides is 1. The molecule has 2 aromatic carbocycles. The summed E-state index contributed by atoms with van der Waals surface area (Å²) in [4.78, 5) is 41.1. The SMILES string of the molecule is Cc1[nH]n(-c2ncc(-c3cccc([N+](=O)[O-])c3)s2)c(=O)c1[C@@H](c1ccccc1)[C@H](C#N)C(N)=O. The van der Waals surface area contributed by atoms with Crippen molar-refractivity contribution in [2.45, 2.75) is 12.8 Å². The van der Waals surface area contributed by atoms with Gasteiger partial charge in [-0.05, 0) is 12.5 Å². The van der Waals surface area contributed by atoms with E-state index in [-0.39, 0.29) is 11.3 Å². The minimum Gasteiger partial charge on any atom is -0.369 e. The molecular formula is C23H18N6O4S. The summed E-state index contributed by atoms with van der Waals surface area (Å²) < 4.78 is 1.24. The first-order valence-corrected chi connectivity index (χ1v) is 10.9. The maximum Gasteiger partial charge on any atom is 0.277 e. The Morgan fingerprint density at radius 2 is 2.00 bits per heavy atom. The summed E-state index contributed by atoms with van der Waals surface area (Å²) in [6.07, 6.45) is 1.53. The number of nitrogens with two attached hydrogens (primary N) is 1. The van der Waals surface area contributed by atoms with Crippen molar-refractivity contribution in [3.05, 3.63) is 98.1 Å². The van der Waals surface area contributed by atoms with Crippen LogP contribution in [0.4, 0.5) is 5.69 Å². The molecule has 170 valence electrons. The number of aromatic nitrogens is 3. The van der Waals surface area contributed by atoms with E-state index >= 15 is 0 Å². The zero-order valence-corrected chi connectivity index (χ0v) is 18.7. The van der Waals surface area contributed by atoms with Crippen LogP contribution in [0.3, 0.4) is 0 Å². The van der Waals surface area contributed by atoms with Gasteiger partial charge in [-0.25, -0.2) is 4.98 Å². The van der Waals surface area contributed by atoms with Crippen molar-refractivity contribution in [1.82, 2.24) is 14.8 Å². The maximum atomic E-state index is 13.5. The third-order valence-electron chi connectivity index (χ3n) is 5.39. The molecule has 0 saturated carbocycles. The average molecular weight is 475 g/mol. The number of hydrogen-bond donors (Lipinski definition) is 2. The number of thiazole rings is 1. The van der Waals surface area contributed by atoms with Gasteiger partial charge >= 0.3 is 0 Å². The highest BCUT2D eigenvalue weighted by molar-refractivity contribution is 7.17. The average Bonchev–Trinajstić information content (AvgIpc) is 3.42. The summed E-state index contributed by atoms with van der Waals surface area (Å²) in [6.45, 7) is 1.67. The lowest BCUT2D eigenvalue weighted by Crippen LogP contribution is -2.31. The fourth-order valence-corrected chi connectivity index (χ4v) is 4.70. The smallest absolute Gasteiger partial charge is 0.277 e. The molecule has 0 spiro atoms. The molecule has 0 radical (unpaired) electrons. The molecule has 34 heavy (non-hydrogen) atoms. The van der Waals surface area contributed by atoms with Crippen LogP contribution in [0.15, 0.2) is 65.6 Å². The third-order valence-corrected chi connectivity index (χ3v) is 6.42. The van der Waals surface area contributed by atoms with E-state index in [1.165, 1.54) is 34.3 Å². The molecule has 4 aromatic rings. The number of nitro groups is 1. The molecule has 0 bridgehead atoms. The van der Waals surface area contributed by atoms with Gasteiger partial charge in [0.1, 0.15) is 5.92 Å². The van der Waals surface area contributed by atoms with Gasteiger partial charge in [0.2, 0.25) is 11.0 Å². The number of nitrogens with zero attached hydrogens (tertiary/aromatic N) is 4. The second-order valence-electron chi connectivity index (χ2n) is 7.50. The molecule has 11 heteroatoms. The van der Waals surface area contributed by atoms with Gasteiger partial charge in [-0.2, -0.15) is 9.94 Å². The van der Waals surface area contributed by atoms with Crippen molar-refractivity contribution in [3.63, 3.8) is 0 Å². The minimum absolute atomic E-state index is 0.0534. The number of nitro benzene ring substituents is 1. The van der Waals surface area contributed by atoms with E-state index in [4.69, 9.17) is 5.73 Å². The monoisotopic (exact) mass is 474 g/mol. The predicted octanol–water partition coefficient (Wildman–Crippen LogP) is 3.26. The fraction of sp³-hybridized carbons (Fsp3) is 0.130. The van der Waals surface area contributed by atoms with E-state index in [0.29, 0.717) is 26.8 Å². The van der Waals surface area contributed by atoms with Gasteiger partial charge < -0.3 is 5.73 Å². The number of aromatic amines is 1. The lowest BCUT2D eigenvalue weighted by molar-refractivity contribution is -0.384. The minimum atomic E-state index is -1.25. The van der Waals surface area contributed by atoms with Crippen molar-refractivity contribution < 1.29 is 9.72 Å². The molecule has 2 aromatic heterocycles. The van der Waals surface area contributed by atoms with Crippen LogP contribution in [0, 0.1) is 34.3 Å². The highest BCUT2D eigenvalue weighted by Gasteiger charge is 2.34. The molecule has 0 aliphatic carbocycles. The van der Waals surface area contributed by atoms with Crippen molar-refractivity contribution in [1.29, 1.82) is 5.26 Å². The Balaban J connectivity index is 1.81. The molecule has 0 aliphatic rings. The molecule has 2 heterocycles. The molecule has 2 atom stereocenters. The summed E-state index contributed by atoms with van der Waals surface area (Å²) >= 11 is 1.17. The van der Waals surface area contributed by atoms with Gasteiger partial charge in [0.05, 0.1) is 15.9 Å². The first-order valence-electron chi connectivity index (χ1n) is 10.1. The lowest BCUT2D eigenvalue weighted by Gasteiger charge is -2.19. The summed E-state index contributed by atoms with van der Waals surface area (Å²) in [5.41, 5.74) is 6.89. The van der Waals surface area contributed by atoms with Gasteiger partial charge in [0, 0.05) is 41.1 Å². The van der Waals surface area contributed by atoms with E-state index in [2.05, 4.69) is 10.1 Å². The van der Waals surface area contributed by atoms with Crippen LogP contribution >= 0.6 is 11.3 Å². The Morgan fingerprint density at radius 3 is 2.65 bits per heavy atom. The number of amides is 1. The molecule has 0 saturated heterocycles. The van der Waals surface area contributed by atoms with Crippen molar-refractivity contribution in [2.24, 2.45) is 11.7 Å². The van der Waals surface area contributed by atoms with E-state index in [0.717, 1.165) is 0 Å². The van der Waals surface area contributed by atoms with Gasteiger partial charge in [0.15, 0.2) is 0 Å². The van der Waals surface area contributed by atoms with Crippen LogP contribution < -0.4 is 11.3 Å². The molecule has 10 nitrogen and oxygen atoms in total. The second kappa shape index (κ2) is 9.13. The highest BCUT2D eigenvalue weighted by Crippen LogP contribution is 2.33. The van der Waals surface area contributed by atoms with Crippen LogP contribution in [-0.4, -0.2) is 25.6 Å². The number of carbonyl (C=O) groups excluding carboxylic acids is 1. The number of hydrogen-bond acceptors (Lipinski definition) is 7. The molecule has 4 rings (SSSR count). The molecular weight excluding hydrogens is 456 g/mol. The van der Waals surface area contributed by atoms with E-state index in [1.807, 2.05) is 6.07 Å². The van der Waals surface area contributed by atoms with E-state index in [9.17, 15) is 25.0 Å². The maximum absolute atomic E-state index is 13.5. The van der Waals surface area contributed by atoms with Gasteiger partial charge in [-0.1, -0.05) is 53.8 Å². The quantitative estimate of drug-likeness (QED) is 0.309. The molecule has 1 amide bonds. The van der Waals surface area contributed by atoms with Crippen molar-refractivity contribution >= 4 is 22.9 Å². The summed E-state index contributed by atoms with van der Waals surface area (Å²) in [7, 11) is 0. The first-order chi connectivity index (χ1) is 16.3. The number of nitrogens with one attached hydrogen (secondary N) is 1. The Bertz CT molecular complexity index is 1480. The van der Waals surface area contributed by atoms with Crippen molar-refractivity contribution in [2.75, 3.05) is 0 Å². The Morgan fingerprint density at radius 1 is 1.26 bits per heavy atom. The molecule has 0 fully saturated rings. The predicted molar refractivity (Wildman–Crippen MR) is 125 cm³/mol. The van der Waals surface area contributed by atoms with Crippen LogP contribution in [0.1, 0.15) is 22.7 Å². The zero-order chi connectivity index (χ0) is 24.4.